The number of methoxy groups -OCH3 is 2. The highest BCUT2D eigenvalue weighted by Crippen LogP contribution is 2.36. The lowest BCUT2D eigenvalue weighted by Gasteiger charge is -2.18. The van der Waals surface area contributed by atoms with Crippen LogP contribution < -0.4 is 14.8 Å². The van der Waals surface area contributed by atoms with Crippen molar-refractivity contribution in [1.29, 1.82) is 0 Å². The van der Waals surface area contributed by atoms with Crippen LogP contribution in [-0.2, 0) is 14.8 Å². The smallest absolute Gasteiger partial charge is 0.248 e. The van der Waals surface area contributed by atoms with Crippen molar-refractivity contribution >= 4 is 39.3 Å². The van der Waals surface area contributed by atoms with E-state index >= 15 is 0 Å². The van der Waals surface area contributed by atoms with Crippen LogP contribution >= 0.6 is 11.6 Å². The lowest BCUT2D eigenvalue weighted by Crippen LogP contribution is -2.30. The molecule has 0 spiro atoms. The van der Waals surface area contributed by atoms with E-state index in [-0.39, 0.29) is 4.90 Å². The second-order valence-electron chi connectivity index (χ2n) is 6.18. The van der Waals surface area contributed by atoms with Gasteiger partial charge in [0.1, 0.15) is 0 Å². The largest absolute Gasteiger partial charge is 0.493 e. The van der Waals surface area contributed by atoms with Gasteiger partial charge in [-0.2, -0.15) is 4.31 Å². The Hall–Kier alpha value is -2.55. The van der Waals surface area contributed by atoms with Crippen LogP contribution in [0.1, 0.15) is 19.4 Å². The summed E-state index contributed by atoms with van der Waals surface area (Å²) in [6, 6.07) is 9.48. The number of rotatable bonds is 9. The van der Waals surface area contributed by atoms with E-state index in [1.54, 1.807) is 44.2 Å². The summed E-state index contributed by atoms with van der Waals surface area (Å²) in [4.78, 5) is 12.4. The molecule has 0 radical (unpaired) electrons. The number of hydrogen-bond donors (Lipinski definition) is 1. The van der Waals surface area contributed by atoms with Crippen LogP contribution in [0.25, 0.3) is 6.08 Å². The molecule has 0 heterocycles. The Kier molecular flexibility index (Phi) is 8.28. The van der Waals surface area contributed by atoms with Crippen molar-refractivity contribution in [2.75, 3.05) is 32.6 Å². The predicted molar refractivity (Wildman–Crippen MR) is 119 cm³/mol. The summed E-state index contributed by atoms with van der Waals surface area (Å²) in [5.41, 5.74) is 1.02. The van der Waals surface area contributed by atoms with Crippen molar-refractivity contribution in [2.24, 2.45) is 0 Å². The fourth-order valence-electron chi connectivity index (χ4n) is 2.84. The fraction of sp³-hybridized carbons (Fsp3) is 0.286. The van der Waals surface area contributed by atoms with Crippen LogP contribution in [0.4, 0.5) is 5.69 Å². The summed E-state index contributed by atoms with van der Waals surface area (Å²) < 4.78 is 37.1. The monoisotopic (exact) mass is 452 g/mol. The fourth-order valence-corrected chi connectivity index (χ4v) is 4.64. The quantitative estimate of drug-likeness (QED) is 0.580. The number of anilines is 1. The summed E-state index contributed by atoms with van der Waals surface area (Å²) in [6.07, 6.45) is 2.89. The van der Waals surface area contributed by atoms with Crippen LogP contribution in [0.2, 0.25) is 5.02 Å². The van der Waals surface area contributed by atoms with Crippen LogP contribution in [0.15, 0.2) is 47.4 Å². The van der Waals surface area contributed by atoms with Gasteiger partial charge in [0.15, 0.2) is 11.5 Å². The third-order valence-electron chi connectivity index (χ3n) is 4.33. The first-order chi connectivity index (χ1) is 14.3. The van der Waals surface area contributed by atoms with Gasteiger partial charge in [0.25, 0.3) is 0 Å². The molecule has 0 fully saturated rings. The molecule has 0 atom stereocenters. The molecule has 9 heteroatoms. The predicted octanol–water partition coefficient (Wildman–Crippen LogP) is 4.04. The molecule has 1 amide bonds. The van der Waals surface area contributed by atoms with E-state index in [0.717, 1.165) is 0 Å². The average molecular weight is 453 g/mol. The molecular formula is C21H25ClN2O5S. The van der Waals surface area contributed by atoms with Crippen LogP contribution in [0, 0.1) is 0 Å². The second-order valence-corrected chi connectivity index (χ2v) is 8.52. The van der Waals surface area contributed by atoms with Crippen molar-refractivity contribution in [2.45, 2.75) is 18.7 Å². The molecule has 0 aromatic heterocycles. The minimum absolute atomic E-state index is 0.125. The highest BCUT2D eigenvalue weighted by molar-refractivity contribution is 7.89. The van der Waals surface area contributed by atoms with Gasteiger partial charge in [-0.3, -0.25) is 4.79 Å². The number of ether oxygens (including phenoxy) is 2. The molecule has 30 heavy (non-hydrogen) atoms. The number of sulfonamides is 1. The summed E-state index contributed by atoms with van der Waals surface area (Å²) in [5.74, 6) is 0.435. The molecule has 0 aliphatic carbocycles. The molecule has 0 saturated carbocycles. The number of nitrogens with zero attached hydrogens (tertiary/aromatic N) is 1. The maximum absolute atomic E-state index is 12.7. The van der Waals surface area contributed by atoms with Crippen molar-refractivity contribution in [1.82, 2.24) is 4.31 Å². The zero-order chi connectivity index (χ0) is 22.3. The van der Waals surface area contributed by atoms with E-state index in [1.165, 1.54) is 36.7 Å². The number of halogens is 1. The van der Waals surface area contributed by atoms with Gasteiger partial charge in [-0.1, -0.05) is 31.5 Å². The van der Waals surface area contributed by atoms with E-state index in [1.807, 2.05) is 0 Å². The summed E-state index contributed by atoms with van der Waals surface area (Å²) in [6.45, 7) is 4.29. The van der Waals surface area contributed by atoms with Gasteiger partial charge in [0.2, 0.25) is 15.9 Å². The first-order valence-electron chi connectivity index (χ1n) is 9.27. The first kappa shape index (κ1) is 23.7. The Bertz CT molecular complexity index is 1030. The molecule has 0 aliphatic heterocycles. The SMILES string of the molecule is CCN(CC)S(=O)(=O)c1cccc(NC(=O)C=Cc2cc(Cl)c(OC)c(OC)c2)c1. The zero-order valence-corrected chi connectivity index (χ0v) is 18.9. The Morgan fingerprint density at radius 3 is 2.43 bits per heavy atom. The van der Waals surface area contributed by atoms with Gasteiger partial charge >= 0.3 is 0 Å². The van der Waals surface area contributed by atoms with Gasteiger partial charge in [-0.25, -0.2) is 8.42 Å². The molecule has 7 nitrogen and oxygen atoms in total. The number of carbonyl (C=O) groups is 1. The van der Waals surface area contributed by atoms with Gasteiger partial charge in [0.05, 0.1) is 24.1 Å². The topological polar surface area (TPSA) is 84.9 Å². The molecule has 162 valence electrons. The molecule has 2 rings (SSSR count). The van der Waals surface area contributed by atoms with E-state index in [9.17, 15) is 13.2 Å². The third-order valence-corrected chi connectivity index (χ3v) is 6.65. The van der Waals surface area contributed by atoms with Crippen molar-refractivity contribution in [3.63, 3.8) is 0 Å². The Morgan fingerprint density at radius 2 is 1.83 bits per heavy atom. The molecular weight excluding hydrogens is 428 g/mol. The molecule has 0 saturated heterocycles. The highest BCUT2D eigenvalue weighted by Gasteiger charge is 2.21. The lowest BCUT2D eigenvalue weighted by molar-refractivity contribution is -0.111. The molecule has 2 aromatic carbocycles. The van der Waals surface area contributed by atoms with Crippen molar-refractivity contribution in [3.05, 3.63) is 53.1 Å². The van der Waals surface area contributed by atoms with Gasteiger partial charge < -0.3 is 14.8 Å². The number of benzene rings is 2. The first-order valence-corrected chi connectivity index (χ1v) is 11.1. The number of hydrogen-bond acceptors (Lipinski definition) is 5. The molecule has 2 aromatic rings. The van der Waals surface area contributed by atoms with Crippen molar-refractivity contribution in [3.8, 4) is 11.5 Å². The second kappa shape index (κ2) is 10.5. The number of nitrogens with one attached hydrogen (secondary N) is 1. The number of carbonyl (C=O) groups excluding carboxylic acids is 1. The lowest BCUT2D eigenvalue weighted by atomic mass is 10.2. The minimum Gasteiger partial charge on any atom is -0.493 e. The van der Waals surface area contributed by atoms with Gasteiger partial charge in [-0.05, 0) is 42.0 Å². The Balaban J connectivity index is 2.19. The highest BCUT2D eigenvalue weighted by atomic mass is 35.5. The normalized spacial score (nSPS) is 11.7. The van der Waals surface area contributed by atoms with Crippen molar-refractivity contribution < 1.29 is 22.7 Å². The molecule has 1 N–H and O–H groups in total. The van der Waals surface area contributed by atoms with E-state index < -0.39 is 15.9 Å². The molecule has 0 bridgehead atoms. The molecule has 0 unspecified atom stereocenters. The Morgan fingerprint density at radius 1 is 1.13 bits per heavy atom. The molecule has 0 aliphatic rings. The van der Waals surface area contributed by atoms with E-state index in [0.29, 0.717) is 40.9 Å². The van der Waals surface area contributed by atoms with Crippen LogP contribution in [0.3, 0.4) is 0 Å². The minimum atomic E-state index is -3.61. The number of amides is 1. The Labute approximate surface area is 182 Å². The van der Waals surface area contributed by atoms with Gasteiger partial charge in [-0.15, -0.1) is 0 Å². The summed E-state index contributed by atoms with van der Waals surface area (Å²) >= 11 is 6.17. The average Bonchev–Trinajstić information content (AvgIpc) is 2.72. The maximum atomic E-state index is 12.7. The summed E-state index contributed by atoms with van der Waals surface area (Å²) in [7, 11) is -0.629. The van der Waals surface area contributed by atoms with Crippen LogP contribution in [0.5, 0.6) is 11.5 Å². The zero-order valence-electron chi connectivity index (χ0n) is 17.3. The standard InChI is InChI=1S/C21H25ClN2O5S/c1-5-24(6-2)30(26,27)17-9-7-8-16(14-17)23-20(25)11-10-15-12-18(22)21(29-4)19(13-15)28-3/h7-14H,5-6H2,1-4H3,(H,23,25). The van der Waals surface area contributed by atoms with Gasteiger partial charge in [0, 0.05) is 24.9 Å². The summed E-state index contributed by atoms with van der Waals surface area (Å²) in [5, 5.41) is 3.02. The van der Waals surface area contributed by atoms with E-state index in [2.05, 4.69) is 5.32 Å². The maximum Gasteiger partial charge on any atom is 0.248 e. The third kappa shape index (κ3) is 5.53. The van der Waals surface area contributed by atoms with Crippen LogP contribution in [-0.4, -0.2) is 45.9 Å². The van der Waals surface area contributed by atoms with E-state index in [4.69, 9.17) is 21.1 Å².